The van der Waals surface area contributed by atoms with Gasteiger partial charge in [-0.25, -0.2) is 4.39 Å². The van der Waals surface area contributed by atoms with Gasteiger partial charge in [0, 0.05) is 11.8 Å². The van der Waals surface area contributed by atoms with Gasteiger partial charge in [-0.2, -0.15) is 0 Å². The highest BCUT2D eigenvalue weighted by molar-refractivity contribution is 8.00. The van der Waals surface area contributed by atoms with Crippen LogP contribution in [0.15, 0.2) is 24.3 Å². The first-order chi connectivity index (χ1) is 9.24. The molecule has 3 nitrogen and oxygen atoms in total. The van der Waals surface area contributed by atoms with Crippen molar-refractivity contribution in [1.29, 1.82) is 0 Å². The predicted octanol–water partition coefficient (Wildman–Crippen LogP) is 1.93. The van der Waals surface area contributed by atoms with E-state index in [1.807, 2.05) is 6.07 Å². The fourth-order valence-electron chi connectivity index (χ4n) is 2.05. The van der Waals surface area contributed by atoms with Gasteiger partial charge in [0.1, 0.15) is 5.82 Å². The lowest BCUT2D eigenvalue weighted by Gasteiger charge is -2.21. The molecule has 1 aliphatic heterocycles. The SMILES string of the molecule is O=C(CSC1CCNCC1)NCc1cccc(F)c1. The van der Waals surface area contributed by atoms with Crippen molar-refractivity contribution in [3.05, 3.63) is 35.6 Å². The summed E-state index contributed by atoms with van der Waals surface area (Å²) in [5, 5.41) is 6.71. The van der Waals surface area contributed by atoms with Gasteiger partial charge in [-0.15, -0.1) is 11.8 Å². The number of amides is 1. The molecule has 0 unspecified atom stereocenters. The number of carbonyl (C=O) groups is 1. The van der Waals surface area contributed by atoms with Crippen molar-refractivity contribution in [3.63, 3.8) is 0 Å². The topological polar surface area (TPSA) is 41.1 Å². The third-order valence-corrected chi connectivity index (χ3v) is 4.49. The largest absolute Gasteiger partial charge is 0.351 e. The van der Waals surface area contributed by atoms with Gasteiger partial charge in [0.2, 0.25) is 5.91 Å². The number of carbonyl (C=O) groups excluding carboxylic acids is 1. The summed E-state index contributed by atoms with van der Waals surface area (Å²) in [5.41, 5.74) is 0.792. The maximum absolute atomic E-state index is 13.0. The molecule has 0 radical (unpaired) electrons. The Labute approximate surface area is 117 Å². The first kappa shape index (κ1) is 14.3. The summed E-state index contributed by atoms with van der Waals surface area (Å²) in [6.07, 6.45) is 2.25. The van der Waals surface area contributed by atoms with E-state index in [-0.39, 0.29) is 11.7 Å². The minimum atomic E-state index is -0.268. The van der Waals surface area contributed by atoms with Gasteiger partial charge < -0.3 is 10.6 Å². The Morgan fingerprint density at radius 1 is 1.42 bits per heavy atom. The lowest BCUT2D eigenvalue weighted by molar-refractivity contribution is -0.118. The standard InChI is InChI=1S/C14H19FN2OS/c15-12-3-1-2-11(8-12)9-17-14(18)10-19-13-4-6-16-7-5-13/h1-3,8,13,16H,4-7,9-10H2,(H,17,18). The molecule has 0 saturated carbocycles. The molecule has 1 saturated heterocycles. The zero-order valence-corrected chi connectivity index (χ0v) is 11.6. The van der Waals surface area contributed by atoms with E-state index in [1.165, 1.54) is 12.1 Å². The van der Waals surface area contributed by atoms with Crippen molar-refractivity contribution in [2.75, 3.05) is 18.8 Å². The highest BCUT2D eigenvalue weighted by Crippen LogP contribution is 2.19. The Morgan fingerprint density at radius 3 is 2.95 bits per heavy atom. The summed E-state index contributed by atoms with van der Waals surface area (Å²) < 4.78 is 13.0. The molecule has 5 heteroatoms. The van der Waals surface area contributed by atoms with E-state index in [9.17, 15) is 9.18 Å². The van der Waals surface area contributed by atoms with Gasteiger partial charge in [0.25, 0.3) is 0 Å². The number of halogens is 1. The Kier molecular flexibility index (Phi) is 5.66. The molecular weight excluding hydrogens is 263 g/mol. The molecule has 1 aliphatic rings. The van der Waals surface area contributed by atoms with Crippen LogP contribution in [-0.4, -0.2) is 30.0 Å². The molecule has 0 bridgehead atoms. The number of hydrogen-bond acceptors (Lipinski definition) is 3. The van der Waals surface area contributed by atoms with Crippen molar-refractivity contribution >= 4 is 17.7 Å². The van der Waals surface area contributed by atoms with Crippen LogP contribution in [0.2, 0.25) is 0 Å². The molecule has 104 valence electrons. The molecule has 0 spiro atoms. The Morgan fingerprint density at radius 2 is 2.21 bits per heavy atom. The van der Waals surface area contributed by atoms with Gasteiger partial charge in [0.15, 0.2) is 0 Å². The molecule has 2 rings (SSSR count). The summed E-state index contributed by atoms with van der Waals surface area (Å²) in [6, 6.07) is 6.31. The Hall–Kier alpha value is -1.07. The molecule has 1 heterocycles. The van der Waals surface area contributed by atoms with Crippen LogP contribution in [0.3, 0.4) is 0 Å². The zero-order valence-electron chi connectivity index (χ0n) is 10.8. The van der Waals surface area contributed by atoms with Gasteiger partial charge >= 0.3 is 0 Å². The third-order valence-electron chi connectivity index (χ3n) is 3.12. The maximum Gasteiger partial charge on any atom is 0.230 e. The molecule has 0 atom stereocenters. The molecule has 0 aliphatic carbocycles. The summed E-state index contributed by atoms with van der Waals surface area (Å²) in [7, 11) is 0. The fourth-order valence-corrected chi connectivity index (χ4v) is 3.11. The summed E-state index contributed by atoms with van der Waals surface area (Å²) >= 11 is 1.72. The van der Waals surface area contributed by atoms with Crippen molar-refractivity contribution in [1.82, 2.24) is 10.6 Å². The second-order valence-corrected chi connectivity index (χ2v) is 5.96. The van der Waals surface area contributed by atoms with E-state index < -0.39 is 0 Å². The monoisotopic (exact) mass is 282 g/mol. The minimum Gasteiger partial charge on any atom is -0.351 e. The van der Waals surface area contributed by atoms with Crippen molar-refractivity contribution in [3.8, 4) is 0 Å². The number of rotatable bonds is 5. The van der Waals surface area contributed by atoms with Crippen LogP contribution in [-0.2, 0) is 11.3 Å². The fraction of sp³-hybridized carbons (Fsp3) is 0.500. The first-order valence-corrected chi connectivity index (χ1v) is 7.62. The minimum absolute atomic E-state index is 0.0211. The summed E-state index contributed by atoms with van der Waals surface area (Å²) in [5.74, 6) is 0.239. The predicted molar refractivity (Wildman–Crippen MR) is 76.6 cm³/mol. The Bertz CT molecular complexity index is 422. The highest BCUT2D eigenvalue weighted by atomic mass is 32.2. The van der Waals surface area contributed by atoms with Gasteiger partial charge in [-0.05, 0) is 43.6 Å². The number of piperidine rings is 1. The second kappa shape index (κ2) is 7.50. The van der Waals surface area contributed by atoms with E-state index >= 15 is 0 Å². The van der Waals surface area contributed by atoms with Crippen LogP contribution in [0.1, 0.15) is 18.4 Å². The molecule has 1 fully saturated rings. The van der Waals surface area contributed by atoms with Crippen molar-refractivity contribution < 1.29 is 9.18 Å². The first-order valence-electron chi connectivity index (χ1n) is 6.57. The van der Waals surface area contributed by atoms with Gasteiger partial charge in [-0.1, -0.05) is 12.1 Å². The molecule has 0 aromatic heterocycles. The molecule has 1 amide bonds. The van der Waals surface area contributed by atoms with Crippen LogP contribution in [0, 0.1) is 5.82 Å². The molecule has 1 aromatic carbocycles. The molecule has 2 N–H and O–H groups in total. The highest BCUT2D eigenvalue weighted by Gasteiger charge is 2.14. The molecular formula is C14H19FN2OS. The molecule has 19 heavy (non-hydrogen) atoms. The van der Waals surface area contributed by atoms with Gasteiger partial charge in [0.05, 0.1) is 5.75 Å². The van der Waals surface area contributed by atoms with Crippen LogP contribution in [0.25, 0.3) is 0 Å². The number of thioether (sulfide) groups is 1. The number of hydrogen-bond donors (Lipinski definition) is 2. The quantitative estimate of drug-likeness (QED) is 0.867. The normalized spacial score (nSPS) is 16.3. The maximum atomic E-state index is 13.0. The van der Waals surface area contributed by atoms with E-state index in [1.54, 1.807) is 17.8 Å². The third kappa shape index (κ3) is 5.20. The zero-order chi connectivity index (χ0) is 13.5. The summed E-state index contributed by atoms with van der Waals surface area (Å²) in [6.45, 7) is 2.48. The lowest BCUT2D eigenvalue weighted by atomic mass is 10.2. The van der Waals surface area contributed by atoms with E-state index in [0.717, 1.165) is 31.5 Å². The van der Waals surface area contributed by atoms with Crippen LogP contribution in [0.5, 0.6) is 0 Å². The van der Waals surface area contributed by atoms with E-state index in [0.29, 0.717) is 17.5 Å². The van der Waals surface area contributed by atoms with Crippen molar-refractivity contribution in [2.45, 2.75) is 24.6 Å². The Balaban J connectivity index is 1.66. The van der Waals surface area contributed by atoms with Crippen molar-refractivity contribution in [2.24, 2.45) is 0 Å². The summed E-state index contributed by atoms with van der Waals surface area (Å²) in [4.78, 5) is 11.7. The van der Waals surface area contributed by atoms with Crippen LogP contribution >= 0.6 is 11.8 Å². The van der Waals surface area contributed by atoms with Gasteiger partial charge in [-0.3, -0.25) is 4.79 Å². The van der Waals surface area contributed by atoms with E-state index in [2.05, 4.69) is 10.6 Å². The number of nitrogens with one attached hydrogen (secondary N) is 2. The smallest absolute Gasteiger partial charge is 0.230 e. The lowest BCUT2D eigenvalue weighted by Crippen LogP contribution is -2.31. The molecule has 1 aromatic rings. The van der Waals surface area contributed by atoms with Crippen LogP contribution < -0.4 is 10.6 Å². The number of benzene rings is 1. The van der Waals surface area contributed by atoms with Crippen LogP contribution in [0.4, 0.5) is 4.39 Å². The average Bonchev–Trinajstić information content (AvgIpc) is 2.44. The van der Waals surface area contributed by atoms with E-state index in [4.69, 9.17) is 0 Å². The average molecular weight is 282 g/mol. The second-order valence-electron chi connectivity index (χ2n) is 4.67.